The number of nitrogen functional groups attached to an aromatic ring is 2. The van der Waals surface area contributed by atoms with Gasteiger partial charge >= 0.3 is 0 Å². The third kappa shape index (κ3) is 3.09. The summed E-state index contributed by atoms with van der Waals surface area (Å²) < 4.78 is 11.4. The van der Waals surface area contributed by atoms with Crippen molar-refractivity contribution in [3.8, 4) is 22.6 Å². The zero-order valence-corrected chi connectivity index (χ0v) is 17.0. The Morgan fingerprint density at radius 1 is 0.692 bits per heavy atom. The first-order valence-corrected chi connectivity index (χ1v) is 9.46. The van der Waals surface area contributed by atoms with E-state index in [-0.39, 0.29) is 0 Å². The Balaban J connectivity index is 3.02. The molecule has 4 nitrogen and oxygen atoms in total. The molecule has 142 valence electrons. The molecule has 0 bridgehead atoms. The third-order valence-corrected chi connectivity index (χ3v) is 5.19. The van der Waals surface area contributed by atoms with Gasteiger partial charge in [-0.15, -0.1) is 0 Å². The van der Waals surface area contributed by atoms with E-state index in [1.54, 1.807) is 14.2 Å². The van der Waals surface area contributed by atoms with Crippen LogP contribution in [-0.4, -0.2) is 14.2 Å². The van der Waals surface area contributed by atoms with E-state index in [1.807, 2.05) is 6.07 Å². The van der Waals surface area contributed by atoms with E-state index in [0.29, 0.717) is 5.69 Å². The molecule has 0 aliphatic carbocycles. The molecule has 2 aromatic rings. The van der Waals surface area contributed by atoms with Crippen LogP contribution in [0.3, 0.4) is 0 Å². The molecule has 4 heteroatoms. The van der Waals surface area contributed by atoms with Crippen molar-refractivity contribution in [1.29, 1.82) is 0 Å². The van der Waals surface area contributed by atoms with E-state index >= 15 is 0 Å². The number of rotatable bonds is 7. The van der Waals surface area contributed by atoms with Gasteiger partial charge < -0.3 is 20.9 Å². The van der Waals surface area contributed by atoms with Gasteiger partial charge in [0.05, 0.1) is 25.6 Å². The third-order valence-electron chi connectivity index (χ3n) is 5.19. The normalized spacial score (nSPS) is 10.8. The van der Waals surface area contributed by atoms with Crippen LogP contribution in [-0.2, 0) is 25.7 Å². The highest BCUT2D eigenvalue weighted by Gasteiger charge is 2.24. The predicted octanol–water partition coefficient (Wildman–Crippen LogP) is 4.78. The molecule has 4 N–H and O–H groups in total. The maximum absolute atomic E-state index is 6.49. The lowest BCUT2D eigenvalue weighted by molar-refractivity contribution is 0.411. The van der Waals surface area contributed by atoms with Crippen LogP contribution >= 0.6 is 0 Å². The van der Waals surface area contributed by atoms with Gasteiger partial charge in [0.2, 0.25) is 0 Å². The molecule has 0 saturated heterocycles. The molecule has 0 radical (unpaired) electrons. The highest BCUT2D eigenvalue weighted by atomic mass is 16.5. The number of methoxy groups -OCH3 is 2. The van der Waals surface area contributed by atoms with E-state index in [4.69, 9.17) is 20.9 Å². The first kappa shape index (κ1) is 20.0. The highest BCUT2D eigenvalue weighted by molar-refractivity contribution is 5.85. The van der Waals surface area contributed by atoms with Gasteiger partial charge in [0.1, 0.15) is 11.5 Å². The molecule has 0 atom stereocenters. The van der Waals surface area contributed by atoms with E-state index in [2.05, 4.69) is 33.8 Å². The molecular formula is C22H32N2O2. The summed E-state index contributed by atoms with van der Waals surface area (Å²) >= 11 is 0. The quantitative estimate of drug-likeness (QED) is 0.700. The lowest BCUT2D eigenvalue weighted by Crippen LogP contribution is -2.09. The molecule has 2 rings (SSSR count). The van der Waals surface area contributed by atoms with Gasteiger partial charge in [-0.2, -0.15) is 0 Å². The van der Waals surface area contributed by atoms with Crippen molar-refractivity contribution in [2.45, 2.75) is 53.4 Å². The van der Waals surface area contributed by atoms with E-state index in [1.165, 1.54) is 22.3 Å². The minimum Gasteiger partial charge on any atom is -0.494 e. The predicted molar refractivity (Wildman–Crippen MR) is 111 cm³/mol. The monoisotopic (exact) mass is 356 g/mol. The summed E-state index contributed by atoms with van der Waals surface area (Å²) in [5, 5.41) is 0. The van der Waals surface area contributed by atoms with Gasteiger partial charge in [-0.25, -0.2) is 0 Å². The van der Waals surface area contributed by atoms with Crippen molar-refractivity contribution in [3.63, 3.8) is 0 Å². The second-order valence-electron chi connectivity index (χ2n) is 6.39. The summed E-state index contributed by atoms with van der Waals surface area (Å²) in [4.78, 5) is 0. The number of hydrogen-bond acceptors (Lipinski definition) is 4. The van der Waals surface area contributed by atoms with Gasteiger partial charge in [-0.3, -0.25) is 0 Å². The fourth-order valence-electron chi connectivity index (χ4n) is 4.07. The molecular weight excluding hydrogens is 324 g/mol. The number of anilines is 2. The van der Waals surface area contributed by atoms with Crippen LogP contribution in [0.4, 0.5) is 11.4 Å². The van der Waals surface area contributed by atoms with Gasteiger partial charge in [0.15, 0.2) is 0 Å². The first-order valence-electron chi connectivity index (χ1n) is 9.46. The van der Waals surface area contributed by atoms with Crippen molar-refractivity contribution >= 4 is 11.4 Å². The molecule has 26 heavy (non-hydrogen) atoms. The zero-order chi connectivity index (χ0) is 19.4. The molecule has 0 saturated carbocycles. The molecule has 0 spiro atoms. The van der Waals surface area contributed by atoms with Crippen molar-refractivity contribution in [2.75, 3.05) is 25.7 Å². The Kier molecular flexibility index (Phi) is 6.41. The fraction of sp³-hybridized carbons (Fsp3) is 0.455. The molecule has 0 amide bonds. The van der Waals surface area contributed by atoms with Crippen LogP contribution in [0.15, 0.2) is 12.1 Å². The van der Waals surface area contributed by atoms with Crippen LogP contribution in [0.25, 0.3) is 11.1 Å². The summed E-state index contributed by atoms with van der Waals surface area (Å²) in [5.74, 6) is 1.57. The summed E-state index contributed by atoms with van der Waals surface area (Å²) in [5.41, 5.74) is 21.2. The fourth-order valence-corrected chi connectivity index (χ4v) is 4.07. The Morgan fingerprint density at radius 3 is 1.69 bits per heavy atom. The van der Waals surface area contributed by atoms with E-state index in [0.717, 1.165) is 54.0 Å². The maximum Gasteiger partial charge on any atom is 0.145 e. The molecule has 0 fully saturated rings. The molecule has 0 aliphatic heterocycles. The average molecular weight is 357 g/mol. The highest BCUT2D eigenvalue weighted by Crippen LogP contribution is 2.45. The number of hydrogen-bond donors (Lipinski definition) is 2. The second-order valence-corrected chi connectivity index (χ2v) is 6.39. The topological polar surface area (TPSA) is 70.5 Å². The Hall–Kier alpha value is -2.36. The van der Waals surface area contributed by atoms with Crippen LogP contribution in [0.5, 0.6) is 11.5 Å². The number of nitrogens with two attached hydrogens (primary N) is 2. The van der Waals surface area contributed by atoms with Crippen LogP contribution in [0.1, 0.15) is 49.9 Å². The van der Waals surface area contributed by atoms with Crippen molar-refractivity contribution < 1.29 is 9.47 Å². The minimum absolute atomic E-state index is 0.669. The smallest absolute Gasteiger partial charge is 0.145 e. The molecule has 0 aromatic heterocycles. The van der Waals surface area contributed by atoms with Crippen LogP contribution in [0.2, 0.25) is 0 Å². The van der Waals surface area contributed by atoms with Crippen LogP contribution in [0, 0.1) is 0 Å². The second kappa shape index (κ2) is 8.35. The first-order chi connectivity index (χ1) is 12.5. The Labute approximate surface area is 157 Å². The molecule has 0 unspecified atom stereocenters. The average Bonchev–Trinajstić information content (AvgIpc) is 2.66. The zero-order valence-electron chi connectivity index (χ0n) is 17.0. The van der Waals surface area contributed by atoms with Gasteiger partial charge in [0.25, 0.3) is 0 Å². The van der Waals surface area contributed by atoms with Crippen LogP contribution < -0.4 is 20.9 Å². The molecule has 0 heterocycles. The van der Waals surface area contributed by atoms with Gasteiger partial charge in [-0.05, 0) is 54.0 Å². The maximum atomic E-state index is 6.49. The summed E-state index contributed by atoms with van der Waals surface area (Å²) in [6, 6.07) is 4.04. The van der Waals surface area contributed by atoms with Crippen molar-refractivity contribution in [3.05, 3.63) is 34.4 Å². The standard InChI is InChI=1S/C22H32N2O2/c1-7-13-14(8-2)20(24)22(26-6)16(10-4)19(13)17-11-12-18(23)21(25-5)15(17)9-3/h11-12H,7-10,23-24H2,1-6H3. The van der Waals surface area contributed by atoms with E-state index < -0.39 is 0 Å². The van der Waals surface area contributed by atoms with Gasteiger partial charge in [0, 0.05) is 11.1 Å². The van der Waals surface area contributed by atoms with Crippen molar-refractivity contribution in [1.82, 2.24) is 0 Å². The summed E-state index contributed by atoms with van der Waals surface area (Å²) in [6.45, 7) is 8.60. The lowest BCUT2D eigenvalue weighted by atomic mass is 9.83. The number of benzene rings is 2. The van der Waals surface area contributed by atoms with Gasteiger partial charge in [-0.1, -0.05) is 33.8 Å². The molecule has 0 aliphatic rings. The summed E-state index contributed by atoms with van der Waals surface area (Å²) in [6.07, 6.45) is 3.46. The number of ether oxygens (including phenoxy) is 2. The lowest BCUT2D eigenvalue weighted by Gasteiger charge is -2.25. The largest absolute Gasteiger partial charge is 0.494 e. The van der Waals surface area contributed by atoms with Crippen molar-refractivity contribution in [2.24, 2.45) is 0 Å². The Bertz CT molecular complexity index is 764. The Morgan fingerprint density at radius 2 is 1.23 bits per heavy atom. The molecule has 2 aromatic carbocycles. The minimum atomic E-state index is 0.669. The summed E-state index contributed by atoms with van der Waals surface area (Å²) in [7, 11) is 3.38. The SMILES string of the molecule is CCc1c(N)c(OC)c(CC)c(-c2ccc(N)c(OC)c2CC)c1CC. The van der Waals surface area contributed by atoms with E-state index in [9.17, 15) is 0 Å².